The molecule has 4 rings (SSSR count). The molecule has 0 aliphatic heterocycles. The topological polar surface area (TPSA) is 60.1 Å². The summed E-state index contributed by atoms with van der Waals surface area (Å²) in [7, 11) is 0. The van der Waals surface area contributed by atoms with E-state index in [4.69, 9.17) is 4.42 Å². The van der Waals surface area contributed by atoms with Gasteiger partial charge in [-0.05, 0) is 24.3 Å². The second kappa shape index (κ2) is 4.49. The summed E-state index contributed by atoms with van der Waals surface area (Å²) in [4.78, 5) is 15.9. The van der Waals surface area contributed by atoms with Crippen LogP contribution in [0, 0.1) is 0 Å². The van der Waals surface area contributed by atoms with E-state index < -0.39 is 0 Å². The number of rotatable bonds is 1. The van der Waals surface area contributed by atoms with Gasteiger partial charge in [-0.1, -0.05) is 18.2 Å². The number of anilines is 1. The Balaban J connectivity index is 1.76. The average Bonchev–Trinajstić information content (AvgIpc) is 3.14. The highest BCUT2D eigenvalue weighted by atomic mass is 16.3. The third-order valence-electron chi connectivity index (χ3n) is 3.37. The highest BCUT2D eigenvalue weighted by molar-refractivity contribution is 6.06. The number of nitrogens with zero attached hydrogens (tertiary/aromatic N) is 2. The summed E-state index contributed by atoms with van der Waals surface area (Å²) in [5.41, 5.74) is 2.36. The van der Waals surface area contributed by atoms with Gasteiger partial charge in [-0.25, -0.2) is 9.78 Å². The molecule has 2 aromatic carbocycles. The number of carbonyl (C=O) groups is 1. The van der Waals surface area contributed by atoms with Crippen molar-refractivity contribution in [2.75, 3.05) is 5.32 Å². The molecule has 5 heteroatoms. The van der Waals surface area contributed by atoms with Crippen molar-refractivity contribution in [1.82, 2.24) is 9.55 Å². The molecule has 0 fully saturated rings. The van der Waals surface area contributed by atoms with Crippen LogP contribution in [0.15, 0.2) is 65.6 Å². The molecular formula is C16H11N3O2. The number of aromatic nitrogens is 2. The molecule has 0 bridgehead atoms. The standard InChI is InChI=1S/C16H11N3O2/c20-16(19-8-7-17-10-19)18-11-5-6-15-13(9-11)12-3-1-2-4-14(12)21-15/h1-10H,(H,18,20). The van der Waals surface area contributed by atoms with Gasteiger partial charge in [0, 0.05) is 28.9 Å². The smallest absolute Gasteiger partial charge is 0.331 e. The van der Waals surface area contributed by atoms with Crippen molar-refractivity contribution in [3.05, 3.63) is 61.2 Å². The molecule has 5 nitrogen and oxygen atoms in total. The van der Waals surface area contributed by atoms with Crippen LogP contribution >= 0.6 is 0 Å². The molecule has 2 aromatic heterocycles. The molecule has 0 radical (unpaired) electrons. The first-order valence-corrected chi connectivity index (χ1v) is 6.52. The van der Waals surface area contributed by atoms with Gasteiger partial charge in [0.05, 0.1) is 0 Å². The fraction of sp³-hybridized carbons (Fsp3) is 0. The van der Waals surface area contributed by atoms with Crippen LogP contribution in [0.3, 0.4) is 0 Å². The Kier molecular flexibility index (Phi) is 2.50. The highest BCUT2D eigenvalue weighted by Crippen LogP contribution is 2.30. The number of imidazole rings is 1. The van der Waals surface area contributed by atoms with Gasteiger partial charge in [-0.3, -0.25) is 4.57 Å². The zero-order valence-corrected chi connectivity index (χ0v) is 11.0. The minimum atomic E-state index is -0.250. The number of hydrogen-bond acceptors (Lipinski definition) is 3. The molecule has 21 heavy (non-hydrogen) atoms. The van der Waals surface area contributed by atoms with Gasteiger partial charge < -0.3 is 9.73 Å². The Morgan fingerprint density at radius 2 is 1.95 bits per heavy atom. The lowest BCUT2D eigenvalue weighted by Crippen LogP contribution is -2.17. The van der Waals surface area contributed by atoms with E-state index in [-0.39, 0.29) is 6.03 Å². The molecule has 1 N–H and O–H groups in total. The molecule has 2 heterocycles. The van der Waals surface area contributed by atoms with Crippen LogP contribution in [-0.4, -0.2) is 15.6 Å². The fourth-order valence-corrected chi connectivity index (χ4v) is 2.37. The molecule has 1 amide bonds. The fourth-order valence-electron chi connectivity index (χ4n) is 2.37. The molecule has 102 valence electrons. The summed E-state index contributed by atoms with van der Waals surface area (Å²) in [6, 6.07) is 13.2. The van der Waals surface area contributed by atoms with Gasteiger partial charge in [0.15, 0.2) is 0 Å². The number of hydrogen-bond donors (Lipinski definition) is 1. The van der Waals surface area contributed by atoms with Crippen LogP contribution < -0.4 is 5.32 Å². The molecule has 0 aliphatic carbocycles. The van der Waals surface area contributed by atoms with Gasteiger partial charge in [0.25, 0.3) is 0 Å². The van der Waals surface area contributed by atoms with E-state index in [1.165, 1.54) is 10.9 Å². The minimum absolute atomic E-state index is 0.250. The summed E-state index contributed by atoms with van der Waals surface area (Å²) in [6.45, 7) is 0. The number of nitrogens with one attached hydrogen (secondary N) is 1. The van der Waals surface area contributed by atoms with Gasteiger partial charge >= 0.3 is 6.03 Å². The van der Waals surface area contributed by atoms with E-state index in [1.807, 2.05) is 42.5 Å². The number of furan rings is 1. The molecular weight excluding hydrogens is 266 g/mol. The highest BCUT2D eigenvalue weighted by Gasteiger charge is 2.09. The lowest BCUT2D eigenvalue weighted by Gasteiger charge is -2.04. The zero-order chi connectivity index (χ0) is 14.2. The predicted molar refractivity (Wildman–Crippen MR) is 80.4 cm³/mol. The van der Waals surface area contributed by atoms with Gasteiger partial charge in [0.2, 0.25) is 0 Å². The zero-order valence-electron chi connectivity index (χ0n) is 11.0. The van der Waals surface area contributed by atoms with Gasteiger partial charge in [0.1, 0.15) is 17.5 Å². The normalized spacial score (nSPS) is 11.0. The van der Waals surface area contributed by atoms with Crippen LogP contribution in [-0.2, 0) is 0 Å². The summed E-state index contributed by atoms with van der Waals surface area (Å²) in [5.74, 6) is 0. The van der Waals surface area contributed by atoms with E-state index in [0.717, 1.165) is 21.9 Å². The Morgan fingerprint density at radius 1 is 1.10 bits per heavy atom. The molecule has 0 aliphatic rings. The van der Waals surface area contributed by atoms with Gasteiger partial charge in [-0.2, -0.15) is 0 Å². The lowest BCUT2D eigenvalue weighted by molar-refractivity contribution is 0.253. The Labute approximate surface area is 119 Å². The summed E-state index contributed by atoms with van der Waals surface area (Å²) in [5, 5.41) is 4.85. The molecule has 0 spiro atoms. The van der Waals surface area contributed by atoms with Crippen LogP contribution in [0.4, 0.5) is 10.5 Å². The van der Waals surface area contributed by atoms with Crippen LogP contribution in [0.25, 0.3) is 21.9 Å². The molecule has 0 saturated heterocycles. The Hall–Kier alpha value is -3.08. The average molecular weight is 277 g/mol. The molecule has 0 atom stereocenters. The van der Waals surface area contributed by atoms with Crippen molar-refractivity contribution in [2.24, 2.45) is 0 Å². The van der Waals surface area contributed by atoms with Crippen molar-refractivity contribution in [3.63, 3.8) is 0 Å². The number of carbonyl (C=O) groups excluding carboxylic acids is 1. The van der Waals surface area contributed by atoms with Crippen molar-refractivity contribution in [3.8, 4) is 0 Å². The maximum Gasteiger partial charge on any atom is 0.331 e. The van der Waals surface area contributed by atoms with Crippen LogP contribution in [0.1, 0.15) is 0 Å². The van der Waals surface area contributed by atoms with Crippen LogP contribution in [0.5, 0.6) is 0 Å². The van der Waals surface area contributed by atoms with Gasteiger partial charge in [-0.15, -0.1) is 0 Å². The first kappa shape index (κ1) is 11.7. The lowest BCUT2D eigenvalue weighted by atomic mass is 10.1. The SMILES string of the molecule is O=C(Nc1ccc2oc3ccccc3c2c1)n1ccnc1. The Bertz CT molecular complexity index is 939. The molecule has 0 unspecified atom stereocenters. The van der Waals surface area contributed by atoms with Crippen molar-refractivity contribution in [2.45, 2.75) is 0 Å². The monoisotopic (exact) mass is 277 g/mol. The third-order valence-corrected chi connectivity index (χ3v) is 3.37. The number of para-hydroxylation sites is 1. The van der Waals surface area contributed by atoms with Crippen LogP contribution in [0.2, 0.25) is 0 Å². The predicted octanol–water partition coefficient (Wildman–Crippen LogP) is 3.86. The second-order valence-corrected chi connectivity index (χ2v) is 4.71. The third kappa shape index (κ3) is 1.95. The quantitative estimate of drug-likeness (QED) is 0.574. The number of amides is 1. The second-order valence-electron chi connectivity index (χ2n) is 4.71. The van der Waals surface area contributed by atoms with E-state index in [2.05, 4.69) is 10.3 Å². The summed E-state index contributed by atoms with van der Waals surface area (Å²) < 4.78 is 7.14. The van der Waals surface area contributed by atoms with E-state index in [9.17, 15) is 4.79 Å². The molecule has 0 saturated carbocycles. The number of benzene rings is 2. The number of fused-ring (bicyclic) bond motifs is 3. The minimum Gasteiger partial charge on any atom is -0.456 e. The van der Waals surface area contributed by atoms with Crippen molar-refractivity contribution >= 4 is 33.7 Å². The van der Waals surface area contributed by atoms with Crippen molar-refractivity contribution < 1.29 is 9.21 Å². The maximum absolute atomic E-state index is 12.0. The summed E-state index contributed by atoms with van der Waals surface area (Å²) in [6.07, 6.45) is 4.62. The first-order valence-electron chi connectivity index (χ1n) is 6.52. The van der Waals surface area contributed by atoms with E-state index in [0.29, 0.717) is 5.69 Å². The molecule has 4 aromatic rings. The first-order chi connectivity index (χ1) is 10.3. The summed E-state index contributed by atoms with van der Waals surface area (Å²) >= 11 is 0. The largest absolute Gasteiger partial charge is 0.456 e. The van der Waals surface area contributed by atoms with E-state index in [1.54, 1.807) is 12.4 Å². The maximum atomic E-state index is 12.0. The van der Waals surface area contributed by atoms with Crippen molar-refractivity contribution in [1.29, 1.82) is 0 Å². The Morgan fingerprint density at radius 3 is 2.81 bits per heavy atom. The van der Waals surface area contributed by atoms with E-state index >= 15 is 0 Å².